The van der Waals surface area contributed by atoms with Gasteiger partial charge in [0.15, 0.2) is 0 Å². The summed E-state index contributed by atoms with van der Waals surface area (Å²) in [5.74, 6) is -0.686. The van der Waals surface area contributed by atoms with Crippen LogP contribution in [0.2, 0.25) is 0 Å². The number of rotatable bonds is 5. The molecule has 0 bridgehead atoms. The van der Waals surface area contributed by atoms with Gasteiger partial charge in [-0.05, 0) is 34.7 Å². The second-order valence-corrected chi connectivity index (χ2v) is 5.44. The van der Waals surface area contributed by atoms with E-state index in [2.05, 4.69) is 4.74 Å². The fourth-order valence-electron chi connectivity index (χ4n) is 1.75. The molecule has 0 amide bonds. The Kier molecular flexibility index (Phi) is 5.52. The van der Waals surface area contributed by atoms with Crippen LogP contribution in [0, 0.1) is 19.6 Å². The molecule has 0 spiro atoms. The van der Waals surface area contributed by atoms with Crippen molar-refractivity contribution in [3.8, 4) is 0 Å². The first-order chi connectivity index (χ1) is 8.86. The van der Waals surface area contributed by atoms with E-state index >= 15 is 0 Å². The van der Waals surface area contributed by atoms with Gasteiger partial charge in [-0.25, -0.2) is 0 Å². The van der Waals surface area contributed by atoms with Crippen molar-refractivity contribution in [3.63, 3.8) is 0 Å². The number of ether oxygens (including phenoxy) is 1. The van der Waals surface area contributed by atoms with E-state index < -0.39 is 4.92 Å². The number of carbonyl (C=O) groups excluding carboxylic acids is 1. The Morgan fingerprint density at radius 1 is 1.58 bits per heavy atom. The zero-order chi connectivity index (χ0) is 14.6. The summed E-state index contributed by atoms with van der Waals surface area (Å²) in [5.41, 5.74) is 0.521. The van der Waals surface area contributed by atoms with Gasteiger partial charge in [0.1, 0.15) is 5.69 Å². The van der Waals surface area contributed by atoms with Crippen molar-refractivity contribution in [2.45, 2.75) is 6.92 Å². The number of esters is 1. The lowest BCUT2D eigenvalue weighted by atomic mass is 10.1. The molecule has 0 fully saturated rings. The molecule has 1 atom stereocenters. The molecule has 0 N–H and O–H groups in total. The number of carbonyl (C=O) groups is 1. The van der Waals surface area contributed by atoms with E-state index in [0.717, 1.165) is 3.57 Å². The van der Waals surface area contributed by atoms with Gasteiger partial charge >= 0.3 is 5.97 Å². The number of nitro benzene ring substituents is 1. The quantitative estimate of drug-likeness (QED) is 0.341. The molecule has 0 aliphatic carbocycles. The van der Waals surface area contributed by atoms with Crippen molar-refractivity contribution in [1.29, 1.82) is 0 Å². The minimum Gasteiger partial charge on any atom is -0.469 e. The first-order valence-corrected chi connectivity index (χ1v) is 6.67. The Morgan fingerprint density at radius 2 is 2.21 bits per heavy atom. The summed E-state index contributed by atoms with van der Waals surface area (Å²) in [6, 6.07) is 4.99. The van der Waals surface area contributed by atoms with Crippen molar-refractivity contribution >= 4 is 39.9 Å². The van der Waals surface area contributed by atoms with E-state index in [9.17, 15) is 14.9 Å². The van der Waals surface area contributed by atoms with E-state index in [1.54, 1.807) is 31.0 Å². The molecule has 1 aromatic carbocycles. The molecule has 0 aromatic heterocycles. The predicted octanol–water partition coefficient (Wildman–Crippen LogP) is 2.44. The third-order valence-corrected chi connectivity index (χ3v) is 3.37. The monoisotopic (exact) mass is 378 g/mol. The number of hydrogen-bond acceptors (Lipinski definition) is 5. The number of anilines is 1. The number of nitro groups is 1. The standard InChI is InChI=1S/C12H15IN2O4/c1-8(12(16)19-3)7-14(2)10-5-4-9(13)6-11(10)15(17)18/h4-6,8H,7H2,1-3H3. The summed E-state index contributed by atoms with van der Waals surface area (Å²) in [5, 5.41) is 11.0. The van der Waals surface area contributed by atoms with Crippen LogP contribution >= 0.6 is 22.6 Å². The van der Waals surface area contributed by atoms with Gasteiger partial charge in [0.2, 0.25) is 0 Å². The molecular formula is C12H15IN2O4. The lowest BCUT2D eigenvalue weighted by Gasteiger charge is -2.22. The van der Waals surface area contributed by atoms with Crippen LogP contribution in [0.15, 0.2) is 18.2 Å². The Morgan fingerprint density at radius 3 is 2.74 bits per heavy atom. The van der Waals surface area contributed by atoms with Crippen molar-refractivity contribution in [2.75, 3.05) is 25.6 Å². The highest BCUT2D eigenvalue weighted by Gasteiger charge is 2.21. The van der Waals surface area contributed by atoms with Crippen LogP contribution in [0.3, 0.4) is 0 Å². The average Bonchev–Trinajstić information content (AvgIpc) is 2.37. The van der Waals surface area contributed by atoms with Gasteiger partial charge in [0.05, 0.1) is 18.0 Å². The molecule has 0 saturated heterocycles. The molecule has 0 aliphatic rings. The smallest absolute Gasteiger partial charge is 0.310 e. The lowest BCUT2D eigenvalue weighted by molar-refractivity contribution is -0.384. The molecule has 7 heteroatoms. The van der Waals surface area contributed by atoms with Crippen LogP contribution in [0.1, 0.15) is 6.92 Å². The maximum Gasteiger partial charge on any atom is 0.310 e. The summed E-state index contributed by atoms with van der Waals surface area (Å²) in [6.45, 7) is 2.08. The van der Waals surface area contributed by atoms with Crippen LogP contribution in [-0.2, 0) is 9.53 Å². The van der Waals surface area contributed by atoms with Crippen molar-refractivity contribution < 1.29 is 14.5 Å². The number of halogens is 1. The Bertz CT molecular complexity index is 493. The van der Waals surface area contributed by atoms with E-state index in [4.69, 9.17) is 0 Å². The summed E-state index contributed by atoms with van der Waals surface area (Å²) in [7, 11) is 3.04. The van der Waals surface area contributed by atoms with Crippen LogP contribution in [0.4, 0.5) is 11.4 Å². The zero-order valence-electron chi connectivity index (χ0n) is 10.9. The molecular weight excluding hydrogens is 363 g/mol. The minimum absolute atomic E-state index is 0.0338. The van der Waals surface area contributed by atoms with Gasteiger partial charge in [-0.3, -0.25) is 14.9 Å². The Balaban J connectivity index is 2.96. The predicted molar refractivity (Wildman–Crippen MR) is 80.3 cm³/mol. The third kappa shape index (κ3) is 4.05. The summed E-state index contributed by atoms with van der Waals surface area (Å²) in [4.78, 5) is 23.7. The highest BCUT2D eigenvalue weighted by Crippen LogP contribution is 2.29. The van der Waals surface area contributed by atoms with Gasteiger partial charge in [-0.1, -0.05) is 6.92 Å². The molecule has 1 unspecified atom stereocenters. The van der Waals surface area contributed by atoms with Gasteiger partial charge in [0.25, 0.3) is 5.69 Å². The Hall–Kier alpha value is -1.38. The lowest BCUT2D eigenvalue weighted by Crippen LogP contribution is -2.29. The van der Waals surface area contributed by atoms with Crippen LogP contribution in [0.5, 0.6) is 0 Å². The summed E-state index contributed by atoms with van der Waals surface area (Å²) < 4.78 is 5.44. The minimum atomic E-state index is -0.420. The van der Waals surface area contributed by atoms with E-state index in [1.165, 1.54) is 13.2 Å². The molecule has 0 radical (unpaired) electrons. The fraction of sp³-hybridized carbons (Fsp3) is 0.417. The van der Waals surface area contributed by atoms with Gasteiger partial charge in [0, 0.05) is 23.2 Å². The number of methoxy groups -OCH3 is 1. The molecule has 1 rings (SSSR count). The first kappa shape index (κ1) is 15.7. The number of hydrogen-bond donors (Lipinski definition) is 0. The van der Waals surface area contributed by atoms with Crippen molar-refractivity contribution in [3.05, 3.63) is 31.9 Å². The molecule has 104 valence electrons. The molecule has 0 heterocycles. The highest BCUT2D eigenvalue weighted by molar-refractivity contribution is 14.1. The molecule has 0 aliphatic heterocycles. The largest absolute Gasteiger partial charge is 0.469 e. The van der Waals surface area contributed by atoms with Crippen LogP contribution in [-0.4, -0.2) is 31.6 Å². The first-order valence-electron chi connectivity index (χ1n) is 5.59. The molecule has 19 heavy (non-hydrogen) atoms. The number of benzene rings is 1. The van der Waals surface area contributed by atoms with Crippen LogP contribution in [0.25, 0.3) is 0 Å². The molecule has 6 nitrogen and oxygen atoms in total. The topological polar surface area (TPSA) is 72.7 Å². The summed E-state index contributed by atoms with van der Waals surface area (Å²) >= 11 is 2.02. The van der Waals surface area contributed by atoms with E-state index in [-0.39, 0.29) is 17.6 Å². The SMILES string of the molecule is COC(=O)C(C)CN(C)c1ccc(I)cc1[N+](=O)[O-]. The second kappa shape index (κ2) is 6.69. The van der Waals surface area contributed by atoms with Gasteiger partial charge in [-0.2, -0.15) is 0 Å². The average molecular weight is 378 g/mol. The maximum absolute atomic E-state index is 11.4. The fourth-order valence-corrected chi connectivity index (χ4v) is 2.23. The van der Waals surface area contributed by atoms with E-state index in [0.29, 0.717) is 12.2 Å². The zero-order valence-corrected chi connectivity index (χ0v) is 13.1. The van der Waals surface area contributed by atoms with Gasteiger partial charge < -0.3 is 9.64 Å². The maximum atomic E-state index is 11.4. The van der Waals surface area contributed by atoms with Crippen molar-refractivity contribution in [2.24, 2.45) is 5.92 Å². The number of nitrogens with zero attached hydrogens (tertiary/aromatic N) is 2. The normalized spacial score (nSPS) is 11.8. The highest BCUT2D eigenvalue weighted by atomic mass is 127. The molecule has 0 saturated carbocycles. The van der Waals surface area contributed by atoms with Gasteiger partial charge in [-0.15, -0.1) is 0 Å². The second-order valence-electron chi connectivity index (χ2n) is 4.19. The van der Waals surface area contributed by atoms with Crippen LogP contribution < -0.4 is 4.90 Å². The van der Waals surface area contributed by atoms with Crippen molar-refractivity contribution in [1.82, 2.24) is 0 Å². The summed E-state index contributed by atoms with van der Waals surface area (Å²) in [6.07, 6.45) is 0. The molecule has 1 aromatic rings. The Labute approximate surface area is 125 Å². The third-order valence-electron chi connectivity index (χ3n) is 2.70. The van der Waals surface area contributed by atoms with E-state index in [1.807, 2.05) is 22.6 Å².